The Labute approximate surface area is 154 Å². The minimum atomic E-state index is -0.417. The number of aromatic nitrogens is 3. The first-order valence-corrected chi connectivity index (χ1v) is 8.81. The van der Waals surface area contributed by atoms with E-state index < -0.39 is 4.92 Å². The molecule has 0 unspecified atom stereocenters. The number of hydrogen-bond donors (Lipinski definition) is 1. The molecule has 2 aromatic carbocycles. The quantitative estimate of drug-likeness (QED) is 0.558. The molecule has 0 radical (unpaired) electrons. The van der Waals surface area contributed by atoms with Crippen LogP contribution in [0.5, 0.6) is 0 Å². The number of nitrogens with zero attached hydrogens (tertiary/aromatic N) is 5. The van der Waals surface area contributed by atoms with Gasteiger partial charge < -0.3 is 10.3 Å². The fraction of sp³-hybridized carbons (Fsp3) is 0.176. The Hall–Kier alpha value is -3.07. The van der Waals surface area contributed by atoms with Gasteiger partial charge in [0.15, 0.2) is 5.82 Å². The van der Waals surface area contributed by atoms with Crippen LogP contribution in [-0.4, -0.2) is 33.9 Å². The van der Waals surface area contributed by atoms with Gasteiger partial charge in [-0.2, -0.15) is 0 Å². The molecule has 1 aromatic heterocycles. The number of nitro benzene ring substituents is 1. The Morgan fingerprint density at radius 3 is 2.42 bits per heavy atom. The number of anilines is 1. The molecule has 0 saturated carbocycles. The molecule has 0 bridgehead atoms. The normalized spacial score (nSPS) is 15.4. The zero-order chi connectivity index (χ0) is 18.3. The second-order valence-corrected chi connectivity index (χ2v) is 7.13. The van der Waals surface area contributed by atoms with Gasteiger partial charge in [-0.05, 0) is 29.8 Å². The van der Waals surface area contributed by atoms with Crippen LogP contribution >= 0.6 is 11.8 Å². The minimum Gasteiger partial charge on any atom is -0.378 e. The van der Waals surface area contributed by atoms with Gasteiger partial charge in [-0.15, -0.1) is 10.2 Å². The lowest BCUT2D eigenvalue weighted by Crippen LogP contribution is -2.14. The molecule has 132 valence electrons. The second kappa shape index (κ2) is 6.34. The highest BCUT2D eigenvalue weighted by atomic mass is 32.2. The fourth-order valence-corrected chi connectivity index (χ4v) is 3.72. The first-order valence-electron chi connectivity index (χ1n) is 7.93. The number of non-ortho nitro benzene ring substituents is 1. The largest absolute Gasteiger partial charge is 0.378 e. The number of rotatable bonds is 4. The van der Waals surface area contributed by atoms with Crippen molar-refractivity contribution < 1.29 is 4.92 Å². The van der Waals surface area contributed by atoms with E-state index in [1.807, 2.05) is 18.8 Å². The molecule has 3 aromatic rings. The van der Waals surface area contributed by atoms with E-state index in [9.17, 15) is 10.1 Å². The molecule has 0 saturated heterocycles. The van der Waals surface area contributed by atoms with Gasteiger partial charge in [0.25, 0.3) is 5.69 Å². The number of thioether (sulfide) groups is 1. The summed E-state index contributed by atoms with van der Waals surface area (Å²) in [5.41, 5.74) is 6.49. The number of hydrogen-bond acceptors (Lipinski definition) is 7. The fourth-order valence-electron chi connectivity index (χ4n) is 2.72. The first kappa shape index (κ1) is 16.4. The third-order valence-corrected chi connectivity index (χ3v) is 5.24. The van der Waals surface area contributed by atoms with Crippen LogP contribution in [-0.2, 0) is 0 Å². The molecule has 4 rings (SSSR count). The van der Waals surface area contributed by atoms with Crippen molar-refractivity contribution in [3.8, 4) is 11.4 Å². The average Bonchev–Trinajstić information content (AvgIpc) is 3.22. The zero-order valence-corrected chi connectivity index (χ0v) is 15.0. The number of fused-ring (bicyclic) bond motifs is 1. The number of nitro groups is 1. The predicted molar refractivity (Wildman–Crippen MR) is 101 cm³/mol. The van der Waals surface area contributed by atoms with Crippen LogP contribution in [0.1, 0.15) is 10.9 Å². The Morgan fingerprint density at radius 2 is 1.81 bits per heavy atom. The molecule has 1 atom stereocenters. The third kappa shape index (κ3) is 2.86. The Bertz CT molecular complexity index is 952. The van der Waals surface area contributed by atoms with Crippen molar-refractivity contribution in [1.29, 1.82) is 0 Å². The predicted octanol–water partition coefficient (Wildman–Crippen LogP) is 3.27. The maximum Gasteiger partial charge on any atom is 0.269 e. The molecule has 1 N–H and O–H groups in total. The van der Waals surface area contributed by atoms with Gasteiger partial charge in [-0.1, -0.05) is 23.9 Å². The SMILES string of the molecule is CN(C)c1ccc([C@@H]2Nn3c(nnc3-c3ccc([N+](=O)[O-])cc3)S2)cc1. The van der Waals surface area contributed by atoms with Crippen molar-refractivity contribution in [1.82, 2.24) is 14.9 Å². The summed E-state index contributed by atoms with van der Waals surface area (Å²) in [5, 5.41) is 20.0. The van der Waals surface area contributed by atoms with E-state index in [2.05, 4.69) is 44.8 Å². The van der Waals surface area contributed by atoms with Gasteiger partial charge in [0.2, 0.25) is 5.16 Å². The lowest BCUT2D eigenvalue weighted by molar-refractivity contribution is -0.384. The van der Waals surface area contributed by atoms with Crippen LogP contribution in [0.2, 0.25) is 0 Å². The van der Waals surface area contributed by atoms with Crippen LogP contribution in [0.4, 0.5) is 11.4 Å². The maximum absolute atomic E-state index is 10.8. The molecule has 0 spiro atoms. The van der Waals surface area contributed by atoms with Gasteiger partial charge in [0.05, 0.1) is 4.92 Å². The van der Waals surface area contributed by atoms with E-state index in [0.717, 1.165) is 22.0 Å². The molecule has 0 amide bonds. The van der Waals surface area contributed by atoms with E-state index in [0.29, 0.717) is 5.82 Å². The maximum atomic E-state index is 10.8. The van der Waals surface area contributed by atoms with Crippen LogP contribution < -0.4 is 10.3 Å². The van der Waals surface area contributed by atoms with Gasteiger partial charge in [0, 0.05) is 37.5 Å². The summed E-state index contributed by atoms with van der Waals surface area (Å²) in [6.07, 6.45) is 0. The van der Waals surface area contributed by atoms with E-state index in [1.54, 1.807) is 23.9 Å². The van der Waals surface area contributed by atoms with Gasteiger partial charge in [-0.25, -0.2) is 4.68 Å². The molecule has 0 fully saturated rings. The Balaban J connectivity index is 1.58. The molecular weight excluding hydrogens is 352 g/mol. The van der Waals surface area contributed by atoms with Gasteiger partial charge >= 0.3 is 0 Å². The molecular formula is C17H16N6O2S. The number of nitrogens with one attached hydrogen (secondary N) is 1. The van der Waals surface area contributed by atoms with Crippen molar-refractivity contribution in [2.45, 2.75) is 10.5 Å². The highest BCUT2D eigenvalue weighted by Gasteiger charge is 2.28. The summed E-state index contributed by atoms with van der Waals surface area (Å²) < 4.78 is 1.83. The molecule has 0 aliphatic carbocycles. The second-order valence-electron chi connectivity index (χ2n) is 6.06. The monoisotopic (exact) mass is 368 g/mol. The zero-order valence-electron chi connectivity index (χ0n) is 14.2. The molecule has 9 heteroatoms. The summed E-state index contributed by atoms with van der Waals surface area (Å²) >= 11 is 1.58. The standard InChI is InChI=1S/C17H16N6O2S/c1-21(2)13-7-5-12(6-8-13)16-20-22-15(18-19-17(22)26-16)11-3-9-14(10-4-11)23(24)25/h3-10,16,20H,1-2H3/t16-/m1/s1. The van der Waals surface area contributed by atoms with E-state index in [4.69, 9.17) is 0 Å². The summed E-state index contributed by atoms with van der Waals surface area (Å²) in [4.78, 5) is 12.4. The van der Waals surface area contributed by atoms with Crippen LogP contribution in [0, 0.1) is 10.1 Å². The molecule has 2 heterocycles. The van der Waals surface area contributed by atoms with E-state index in [-0.39, 0.29) is 11.1 Å². The van der Waals surface area contributed by atoms with Gasteiger partial charge in [0.1, 0.15) is 5.37 Å². The van der Waals surface area contributed by atoms with Crippen LogP contribution in [0.15, 0.2) is 53.7 Å². The van der Waals surface area contributed by atoms with Crippen molar-refractivity contribution in [3.63, 3.8) is 0 Å². The van der Waals surface area contributed by atoms with Crippen molar-refractivity contribution in [2.75, 3.05) is 24.4 Å². The lowest BCUT2D eigenvalue weighted by Gasteiger charge is -2.15. The summed E-state index contributed by atoms with van der Waals surface area (Å²) in [6, 6.07) is 14.6. The summed E-state index contributed by atoms with van der Waals surface area (Å²) in [7, 11) is 4.02. The van der Waals surface area contributed by atoms with Crippen molar-refractivity contribution in [3.05, 3.63) is 64.2 Å². The summed E-state index contributed by atoms with van der Waals surface area (Å²) in [5.74, 6) is 0.634. The van der Waals surface area contributed by atoms with Crippen molar-refractivity contribution in [2.24, 2.45) is 0 Å². The Kier molecular flexibility index (Phi) is 4.00. The highest BCUT2D eigenvalue weighted by Crippen LogP contribution is 2.40. The smallest absolute Gasteiger partial charge is 0.269 e. The van der Waals surface area contributed by atoms with E-state index in [1.165, 1.54) is 12.1 Å². The third-order valence-electron chi connectivity index (χ3n) is 4.15. The molecule has 1 aliphatic heterocycles. The minimum absolute atomic E-state index is 0.0357. The van der Waals surface area contributed by atoms with Crippen molar-refractivity contribution >= 4 is 23.1 Å². The highest BCUT2D eigenvalue weighted by molar-refractivity contribution is 7.99. The first-order chi connectivity index (χ1) is 12.5. The lowest BCUT2D eigenvalue weighted by atomic mass is 10.2. The molecule has 1 aliphatic rings. The number of benzene rings is 2. The van der Waals surface area contributed by atoms with Gasteiger partial charge in [-0.3, -0.25) is 10.1 Å². The van der Waals surface area contributed by atoms with Crippen LogP contribution in [0.25, 0.3) is 11.4 Å². The topological polar surface area (TPSA) is 89.1 Å². The average molecular weight is 368 g/mol. The van der Waals surface area contributed by atoms with E-state index >= 15 is 0 Å². The molecule has 26 heavy (non-hydrogen) atoms. The summed E-state index contributed by atoms with van der Waals surface area (Å²) in [6.45, 7) is 0. The van der Waals surface area contributed by atoms with Crippen LogP contribution in [0.3, 0.4) is 0 Å². The molecule has 8 nitrogen and oxygen atoms in total. The Morgan fingerprint density at radius 1 is 1.12 bits per heavy atom.